The molecule has 2 N–H and O–H groups in total. The van der Waals surface area contributed by atoms with E-state index in [1.165, 1.54) is 7.05 Å². The quantitative estimate of drug-likeness (QED) is 0.403. The molecule has 0 saturated carbocycles. The maximum Gasteiger partial charge on any atom is 0.362 e. The predicted molar refractivity (Wildman–Crippen MR) is 30.6 cm³/mol. The summed E-state index contributed by atoms with van der Waals surface area (Å²) in [5.41, 5.74) is 0. The molecular formula is C3H5NO4S. The molecule has 0 heterocycles. The van der Waals surface area contributed by atoms with Gasteiger partial charge in [0.2, 0.25) is 15.3 Å². The van der Waals surface area contributed by atoms with Gasteiger partial charge in [-0.2, -0.15) is 8.42 Å². The number of likely N-dealkylation sites (N-methyl/N-ethyl adjacent to an activating group) is 1. The van der Waals surface area contributed by atoms with Gasteiger partial charge < -0.3 is 5.11 Å². The van der Waals surface area contributed by atoms with Crippen molar-refractivity contribution in [1.82, 2.24) is 5.32 Å². The molecule has 0 aliphatic heterocycles. The maximum absolute atomic E-state index is 9.89. The summed E-state index contributed by atoms with van der Waals surface area (Å²) >= 11 is 0. The zero-order chi connectivity index (χ0) is 7.44. The van der Waals surface area contributed by atoms with E-state index in [1.54, 1.807) is 0 Å². The van der Waals surface area contributed by atoms with Crippen LogP contribution in [0.4, 0.5) is 0 Å². The van der Waals surface area contributed by atoms with E-state index in [-0.39, 0.29) is 0 Å². The highest BCUT2D eigenvalue weighted by atomic mass is 32.2. The topological polar surface area (TPSA) is 83.5 Å². The third-order valence-corrected chi connectivity index (χ3v) is 1.30. The summed E-state index contributed by atoms with van der Waals surface area (Å²) in [7, 11) is -1.46. The number of nitrogens with one attached hydrogen (secondary N) is 1. The maximum atomic E-state index is 9.89. The van der Waals surface area contributed by atoms with Crippen molar-refractivity contribution in [2.75, 3.05) is 7.05 Å². The number of aliphatic carboxylic acids is 1. The van der Waals surface area contributed by atoms with Gasteiger partial charge in [0.1, 0.15) is 0 Å². The molecule has 9 heavy (non-hydrogen) atoms. The van der Waals surface area contributed by atoms with E-state index < -0.39 is 21.3 Å². The van der Waals surface area contributed by atoms with Crippen LogP contribution in [0.15, 0.2) is 0 Å². The highest BCUT2D eigenvalue weighted by Gasteiger charge is 2.06. The first-order valence-electron chi connectivity index (χ1n) is 1.97. The Balaban J connectivity index is 4.80. The van der Waals surface area contributed by atoms with E-state index in [9.17, 15) is 13.2 Å². The second-order valence-corrected chi connectivity index (χ2v) is 2.00. The van der Waals surface area contributed by atoms with Gasteiger partial charge in [0, 0.05) is 0 Å². The average Bonchev–Trinajstić information content (AvgIpc) is 1.64. The van der Waals surface area contributed by atoms with Crippen LogP contribution in [0.5, 0.6) is 0 Å². The van der Waals surface area contributed by atoms with Crippen molar-refractivity contribution in [3.05, 3.63) is 0 Å². The Hall–Kier alpha value is -0.880. The number of rotatable bonds is 0. The van der Waals surface area contributed by atoms with Crippen molar-refractivity contribution in [3.8, 4) is 0 Å². The molecule has 5 nitrogen and oxygen atoms in total. The Morgan fingerprint density at radius 1 is 1.56 bits per heavy atom. The van der Waals surface area contributed by atoms with Gasteiger partial charge in [-0.15, -0.1) is 0 Å². The van der Waals surface area contributed by atoms with Gasteiger partial charge in [-0.25, -0.2) is 4.79 Å². The Morgan fingerprint density at radius 2 is 2.00 bits per heavy atom. The van der Waals surface area contributed by atoms with Crippen LogP contribution in [-0.4, -0.2) is 31.5 Å². The fourth-order valence-electron chi connectivity index (χ4n) is 0.262. The molecular weight excluding hydrogens is 146 g/mol. The molecule has 0 rings (SSSR count). The van der Waals surface area contributed by atoms with Crippen molar-refractivity contribution in [2.24, 2.45) is 0 Å². The Morgan fingerprint density at radius 3 is 2.00 bits per heavy atom. The van der Waals surface area contributed by atoms with Gasteiger partial charge in [-0.1, -0.05) is 0 Å². The third kappa shape index (κ3) is 2.24. The van der Waals surface area contributed by atoms with Crippen LogP contribution in [0.3, 0.4) is 0 Å². The molecule has 6 heteroatoms. The lowest BCUT2D eigenvalue weighted by Gasteiger charge is -1.87. The van der Waals surface area contributed by atoms with E-state index in [0.717, 1.165) is 0 Å². The average molecular weight is 151 g/mol. The van der Waals surface area contributed by atoms with Gasteiger partial charge in [0.25, 0.3) is 0 Å². The molecule has 0 spiro atoms. The Labute approximate surface area is 52.8 Å². The highest BCUT2D eigenvalue weighted by molar-refractivity contribution is 7.74. The number of hydrogen-bond donors (Lipinski definition) is 2. The van der Waals surface area contributed by atoms with E-state index in [0.29, 0.717) is 0 Å². The van der Waals surface area contributed by atoms with Crippen molar-refractivity contribution in [2.45, 2.75) is 0 Å². The highest BCUT2D eigenvalue weighted by Crippen LogP contribution is 1.63. The monoisotopic (exact) mass is 151 g/mol. The molecule has 0 aromatic carbocycles. The molecule has 0 aromatic heterocycles. The van der Waals surface area contributed by atoms with Gasteiger partial charge in [-0.05, 0) is 7.05 Å². The lowest BCUT2D eigenvalue weighted by atomic mass is 10.7. The molecule has 0 aliphatic carbocycles. The molecule has 0 fully saturated rings. The van der Waals surface area contributed by atoms with E-state index in [2.05, 4.69) is 0 Å². The minimum Gasteiger partial charge on any atom is -0.476 e. The number of carboxylic acids is 1. The molecule has 52 valence electrons. The Bertz CT molecular complexity index is 231. The molecule has 0 saturated heterocycles. The van der Waals surface area contributed by atoms with Crippen LogP contribution in [-0.2, 0) is 15.1 Å². The fourth-order valence-corrected chi connectivity index (χ4v) is 0.571. The summed E-state index contributed by atoms with van der Waals surface area (Å²) in [5, 5.41) is 10.1. The summed E-state index contributed by atoms with van der Waals surface area (Å²) in [6.07, 6.45) is 0. The molecule has 0 unspecified atom stereocenters. The van der Waals surface area contributed by atoms with Crippen LogP contribution < -0.4 is 5.32 Å². The summed E-state index contributed by atoms with van der Waals surface area (Å²) in [6, 6.07) is 0. The molecule has 0 amide bonds. The van der Waals surface area contributed by atoms with Gasteiger partial charge in [-0.3, -0.25) is 5.32 Å². The first-order chi connectivity index (χ1) is 4.09. The second-order valence-electron chi connectivity index (χ2n) is 1.12. The lowest BCUT2D eigenvalue weighted by molar-refractivity contribution is -0.129. The van der Waals surface area contributed by atoms with Crippen molar-refractivity contribution >= 4 is 21.3 Å². The van der Waals surface area contributed by atoms with Gasteiger partial charge >= 0.3 is 5.97 Å². The smallest absolute Gasteiger partial charge is 0.362 e. The van der Waals surface area contributed by atoms with Crippen molar-refractivity contribution < 1.29 is 18.3 Å². The fraction of sp³-hybridized carbons (Fsp3) is 0.333. The first-order valence-corrected chi connectivity index (χ1v) is 3.04. The SMILES string of the molecule is CNC(C(=O)O)=S(=O)=O. The van der Waals surface area contributed by atoms with Gasteiger partial charge in [0.15, 0.2) is 0 Å². The lowest BCUT2D eigenvalue weighted by Crippen LogP contribution is -2.28. The third-order valence-electron chi connectivity index (χ3n) is 0.588. The van der Waals surface area contributed by atoms with Crippen LogP contribution in [0.2, 0.25) is 0 Å². The summed E-state index contributed by atoms with van der Waals surface area (Å²) in [4.78, 5) is 9.15. The van der Waals surface area contributed by atoms with Crippen molar-refractivity contribution in [1.29, 1.82) is 0 Å². The van der Waals surface area contributed by atoms with Gasteiger partial charge in [0.05, 0.1) is 0 Å². The predicted octanol–water partition coefficient (Wildman–Crippen LogP) is -1.70. The summed E-state index contributed by atoms with van der Waals surface area (Å²) in [5.74, 6) is -1.48. The molecule has 0 atom stereocenters. The summed E-state index contributed by atoms with van der Waals surface area (Å²) < 4.78 is 19.8. The Kier molecular flexibility index (Phi) is 2.89. The van der Waals surface area contributed by atoms with Crippen molar-refractivity contribution in [3.63, 3.8) is 0 Å². The normalized spacial score (nSPS) is 8.56. The van der Waals surface area contributed by atoms with E-state index >= 15 is 0 Å². The minimum absolute atomic E-state index is 0.727. The second kappa shape index (κ2) is 3.21. The molecule has 0 bridgehead atoms. The first kappa shape index (κ1) is 8.12. The molecule has 0 aromatic rings. The van der Waals surface area contributed by atoms with Crippen LogP contribution >= 0.6 is 0 Å². The standard InChI is InChI=1S/C3H5NO4S/c1-4-2(3(5)6)9(7)8/h4H,1H3,(H,5,6). The molecule has 0 aliphatic rings. The zero-order valence-electron chi connectivity index (χ0n) is 4.58. The van der Waals surface area contributed by atoms with E-state index in [4.69, 9.17) is 5.11 Å². The number of hydrogen-bond acceptors (Lipinski definition) is 3. The van der Waals surface area contributed by atoms with Crippen LogP contribution in [0.25, 0.3) is 0 Å². The summed E-state index contributed by atoms with van der Waals surface area (Å²) in [6.45, 7) is 0. The molecule has 0 radical (unpaired) electrons. The number of carboxylic acid groups (broad SMARTS) is 1. The van der Waals surface area contributed by atoms with Crippen LogP contribution in [0, 0.1) is 0 Å². The minimum atomic E-state index is -2.68. The zero-order valence-corrected chi connectivity index (χ0v) is 5.40. The number of carbonyl (C=O) groups is 1. The van der Waals surface area contributed by atoms with E-state index in [1.807, 2.05) is 5.32 Å². The largest absolute Gasteiger partial charge is 0.476 e. The van der Waals surface area contributed by atoms with Crippen LogP contribution in [0.1, 0.15) is 0 Å².